The number of ketones is 1. The highest BCUT2D eigenvalue weighted by Gasteiger charge is 2.35. The van der Waals surface area contributed by atoms with Crippen LogP contribution in [0.3, 0.4) is 0 Å². The summed E-state index contributed by atoms with van der Waals surface area (Å²) in [6.45, 7) is 5.70. The topological polar surface area (TPSA) is 76.0 Å². The molecule has 26 heavy (non-hydrogen) atoms. The Balaban J connectivity index is 1.68. The Morgan fingerprint density at radius 2 is 2.00 bits per heavy atom. The number of hydrogen-bond donors (Lipinski definition) is 2. The molecule has 0 saturated carbocycles. The Morgan fingerprint density at radius 1 is 1.31 bits per heavy atom. The second-order valence-electron chi connectivity index (χ2n) is 7.14. The number of aryl methyl sites for hydroxylation is 1. The van der Waals surface area contributed by atoms with Gasteiger partial charge in [0.25, 0.3) is 0 Å². The first-order valence-corrected chi connectivity index (χ1v) is 9.27. The molecule has 2 N–H and O–H groups in total. The first-order valence-electron chi connectivity index (χ1n) is 9.27. The molecule has 0 aliphatic carbocycles. The minimum absolute atomic E-state index is 0.0799. The van der Waals surface area contributed by atoms with E-state index in [1.807, 2.05) is 44.2 Å². The second-order valence-corrected chi connectivity index (χ2v) is 7.14. The molecule has 2 unspecified atom stereocenters. The molecule has 0 bridgehead atoms. The van der Waals surface area contributed by atoms with Gasteiger partial charge in [0, 0.05) is 12.8 Å². The zero-order chi connectivity index (χ0) is 19.1. The van der Waals surface area contributed by atoms with Crippen LogP contribution in [0.2, 0.25) is 0 Å². The highest BCUT2D eigenvalue weighted by molar-refractivity contribution is 5.91. The molecule has 5 nitrogen and oxygen atoms in total. The fourth-order valence-corrected chi connectivity index (χ4v) is 2.87. The summed E-state index contributed by atoms with van der Waals surface area (Å²) in [5.41, 5.74) is 2.20. The fraction of sp³-hybridized carbons (Fsp3) is 0.571. The zero-order valence-electron chi connectivity index (χ0n) is 15.8. The third kappa shape index (κ3) is 6.65. The number of ether oxygens (including phenoxy) is 2. The lowest BCUT2D eigenvalue weighted by atomic mass is 10.0. The summed E-state index contributed by atoms with van der Waals surface area (Å²) < 4.78 is 11.2. The molecular formula is C21H30O5. The van der Waals surface area contributed by atoms with Crippen molar-refractivity contribution in [2.45, 2.75) is 77.2 Å². The van der Waals surface area contributed by atoms with Crippen molar-refractivity contribution in [1.29, 1.82) is 0 Å². The van der Waals surface area contributed by atoms with Crippen LogP contribution in [0, 0.1) is 6.92 Å². The van der Waals surface area contributed by atoms with Crippen LogP contribution in [0.1, 0.15) is 44.2 Å². The van der Waals surface area contributed by atoms with Crippen LogP contribution in [0.4, 0.5) is 0 Å². The molecule has 1 heterocycles. The van der Waals surface area contributed by atoms with Crippen LogP contribution in [0.5, 0.6) is 0 Å². The van der Waals surface area contributed by atoms with Gasteiger partial charge in [0.1, 0.15) is 6.10 Å². The lowest BCUT2D eigenvalue weighted by Crippen LogP contribution is -2.48. The molecule has 1 saturated heterocycles. The standard InChI is InChI=1S/C21H30O5/c1-14-8-10-17(11-9-14)12-18(22)7-5-4-6-15(2)25-21-20(24)13-19(23)16(3)26-21/h5,7-11,15-16,19-21,23-24H,4,6,12-13H2,1-3H3/b7-5+/t15-,16?,19-,20?,21-/m1/s1. The summed E-state index contributed by atoms with van der Waals surface area (Å²) in [7, 11) is 0. The average Bonchev–Trinajstić information content (AvgIpc) is 2.59. The van der Waals surface area contributed by atoms with Gasteiger partial charge >= 0.3 is 0 Å². The van der Waals surface area contributed by atoms with Crippen molar-refractivity contribution >= 4 is 5.78 Å². The van der Waals surface area contributed by atoms with Crippen LogP contribution in [-0.4, -0.2) is 46.7 Å². The van der Waals surface area contributed by atoms with Gasteiger partial charge in [-0.25, -0.2) is 0 Å². The number of rotatable bonds is 8. The predicted molar refractivity (Wildman–Crippen MR) is 99.8 cm³/mol. The number of hydrogen-bond acceptors (Lipinski definition) is 5. The maximum absolute atomic E-state index is 12.0. The van der Waals surface area contributed by atoms with Crippen LogP contribution >= 0.6 is 0 Å². The van der Waals surface area contributed by atoms with Crippen molar-refractivity contribution in [3.05, 3.63) is 47.5 Å². The molecule has 0 aromatic heterocycles. The number of aliphatic hydroxyl groups excluding tert-OH is 2. The molecule has 1 fully saturated rings. The van der Waals surface area contributed by atoms with Gasteiger partial charge in [0.2, 0.25) is 0 Å². The van der Waals surface area contributed by atoms with Gasteiger partial charge in [0.15, 0.2) is 12.1 Å². The van der Waals surface area contributed by atoms with E-state index in [2.05, 4.69) is 0 Å². The van der Waals surface area contributed by atoms with E-state index in [0.717, 1.165) is 12.0 Å². The number of benzene rings is 1. The van der Waals surface area contributed by atoms with E-state index < -0.39 is 18.5 Å². The highest BCUT2D eigenvalue weighted by Crippen LogP contribution is 2.22. The van der Waals surface area contributed by atoms with Gasteiger partial charge in [-0.3, -0.25) is 4.79 Å². The first-order chi connectivity index (χ1) is 12.3. The Kier molecular flexibility index (Phi) is 7.97. The van der Waals surface area contributed by atoms with Crippen LogP contribution in [0.25, 0.3) is 0 Å². The molecule has 0 spiro atoms. The third-order valence-corrected chi connectivity index (χ3v) is 4.60. The lowest BCUT2D eigenvalue weighted by Gasteiger charge is -2.36. The maximum Gasteiger partial charge on any atom is 0.184 e. The van der Waals surface area contributed by atoms with Crippen molar-refractivity contribution in [2.75, 3.05) is 0 Å². The zero-order valence-corrected chi connectivity index (χ0v) is 15.8. The normalized spacial score (nSPS) is 27.6. The van der Waals surface area contributed by atoms with Crippen molar-refractivity contribution in [1.82, 2.24) is 0 Å². The van der Waals surface area contributed by atoms with E-state index in [1.165, 1.54) is 5.56 Å². The van der Waals surface area contributed by atoms with Gasteiger partial charge in [0.05, 0.1) is 18.3 Å². The molecule has 1 aliphatic rings. The Hall–Kier alpha value is -1.53. The smallest absolute Gasteiger partial charge is 0.184 e. The first kappa shape index (κ1) is 20.8. The Bertz CT molecular complexity index is 595. The van der Waals surface area contributed by atoms with E-state index in [1.54, 1.807) is 13.0 Å². The summed E-state index contributed by atoms with van der Waals surface area (Å²) >= 11 is 0. The van der Waals surface area contributed by atoms with E-state index in [9.17, 15) is 15.0 Å². The van der Waals surface area contributed by atoms with Crippen LogP contribution in [0.15, 0.2) is 36.4 Å². The molecule has 5 heteroatoms. The summed E-state index contributed by atoms with van der Waals surface area (Å²) in [6, 6.07) is 7.97. The van der Waals surface area contributed by atoms with Crippen LogP contribution in [-0.2, 0) is 20.7 Å². The maximum atomic E-state index is 12.0. The molecular weight excluding hydrogens is 332 g/mol. The summed E-state index contributed by atoms with van der Waals surface area (Å²) in [6.07, 6.45) is 2.91. The number of allylic oxidation sites excluding steroid dienone is 2. The molecule has 1 aliphatic heterocycles. The molecule has 144 valence electrons. The number of carbonyl (C=O) groups excluding carboxylic acids is 1. The lowest BCUT2D eigenvalue weighted by molar-refractivity contribution is -0.273. The second kappa shape index (κ2) is 9.97. The summed E-state index contributed by atoms with van der Waals surface area (Å²) in [5.74, 6) is 0.0799. The van der Waals surface area contributed by atoms with Crippen molar-refractivity contribution in [2.24, 2.45) is 0 Å². The molecule has 5 atom stereocenters. The number of carbonyl (C=O) groups is 1. The minimum atomic E-state index is -0.824. The summed E-state index contributed by atoms with van der Waals surface area (Å²) in [4.78, 5) is 12.0. The van der Waals surface area contributed by atoms with E-state index >= 15 is 0 Å². The van der Waals surface area contributed by atoms with Gasteiger partial charge in [-0.15, -0.1) is 0 Å². The SMILES string of the molecule is Cc1ccc(CC(=O)/C=C/CC[C@@H](C)O[C@@H]2OC(C)[C@H](O)CC2O)cc1. The Labute approximate surface area is 155 Å². The van der Waals surface area contributed by atoms with Gasteiger partial charge in [-0.1, -0.05) is 35.9 Å². The minimum Gasteiger partial charge on any atom is -0.390 e. The number of aliphatic hydroxyl groups is 2. The van der Waals surface area contributed by atoms with Crippen molar-refractivity contribution in [3.8, 4) is 0 Å². The van der Waals surface area contributed by atoms with E-state index in [4.69, 9.17) is 9.47 Å². The molecule has 1 aromatic rings. The van der Waals surface area contributed by atoms with Crippen LogP contribution < -0.4 is 0 Å². The largest absolute Gasteiger partial charge is 0.390 e. The highest BCUT2D eigenvalue weighted by atomic mass is 16.7. The van der Waals surface area contributed by atoms with Gasteiger partial charge in [-0.2, -0.15) is 0 Å². The quantitative estimate of drug-likeness (QED) is 0.696. The van der Waals surface area contributed by atoms with Gasteiger partial charge in [-0.05, 0) is 45.3 Å². The van der Waals surface area contributed by atoms with Crippen molar-refractivity contribution < 1.29 is 24.5 Å². The fourth-order valence-electron chi connectivity index (χ4n) is 2.87. The molecule has 2 rings (SSSR count). The molecule has 1 aromatic carbocycles. The molecule has 0 amide bonds. The van der Waals surface area contributed by atoms with E-state index in [0.29, 0.717) is 12.8 Å². The predicted octanol–water partition coefficient (Wildman–Crippen LogP) is 2.70. The average molecular weight is 362 g/mol. The molecule has 0 radical (unpaired) electrons. The van der Waals surface area contributed by atoms with Gasteiger partial charge < -0.3 is 19.7 Å². The van der Waals surface area contributed by atoms with E-state index in [-0.39, 0.29) is 24.4 Å². The summed E-state index contributed by atoms with van der Waals surface area (Å²) in [5, 5.41) is 19.6. The van der Waals surface area contributed by atoms with Crippen molar-refractivity contribution in [3.63, 3.8) is 0 Å². The monoisotopic (exact) mass is 362 g/mol. The Morgan fingerprint density at radius 3 is 2.69 bits per heavy atom. The third-order valence-electron chi connectivity index (χ3n) is 4.60.